The van der Waals surface area contributed by atoms with Gasteiger partial charge in [-0.3, -0.25) is 4.90 Å². The van der Waals surface area contributed by atoms with Gasteiger partial charge < -0.3 is 9.64 Å². The van der Waals surface area contributed by atoms with Crippen LogP contribution in [0.1, 0.15) is 24.0 Å². The maximum Gasteiger partial charge on any atom is 0.414 e. The second kappa shape index (κ2) is 6.36. The zero-order chi connectivity index (χ0) is 15.5. The van der Waals surface area contributed by atoms with E-state index in [0.29, 0.717) is 0 Å². The number of hydrogen-bond acceptors (Lipinski definition) is 3. The molecule has 0 unspecified atom stereocenters. The van der Waals surface area contributed by atoms with Crippen LogP contribution in [-0.2, 0) is 4.74 Å². The summed E-state index contributed by atoms with van der Waals surface area (Å²) in [6, 6.07) is 8.78. The van der Waals surface area contributed by atoms with E-state index in [4.69, 9.17) is 4.74 Å². The number of carbonyl (C=O) groups is 1. The number of nitrogens with zero attached hydrogens (tertiary/aromatic N) is 2. The highest BCUT2D eigenvalue weighted by atomic mass is 16.5. The molecule has 1 amide bonds. The van der Waals surface area contributed by atoms with Gasteiger partial charge in [0.15, 0.2) is 0 Å². The van der Waals surface area contributed by atoms with E-state index >= 15 is 0 Å². The Morgan fingerprint density at radius 2 is 2.14 bits per heavy atom. The number of likely N-dealkylation sites (tertiary alicyclic amines) is 1. The predicted octanol–water partition coefficient (Wildman–Crippen LogP) is 3.22. The Labute approximate surface area is 131 Å². The van der Waals surface area contributed by atoms with Crippen molar-refractivity contribution in [2.75, 3.05) is 26.7 Å². The SMILES string of the molecule is C=COC(=O)N(C)C1CCN(CC2=Cc3ccccc32)CC1. The van der Waals surface area contributed by atoms with Crippen LogP contribution in [0.25, 0.3) is 11.6 Å². The Morgan fingerprint density at radius 3 is 2.82 bits per heavy atom. The highest BCUT2D eigenvalue weighted by Crippen LogP contribution is 2.33. The van der Waals surface area contributed by atoms with Gasteiger partial charge in [0.2, 0.25) is 0 Å². The fraction of sp³-hybridized carbons (Fsp3) is 0.389. The third-order valence-electron chi connectivity index (χ3n) is 4.61. The second-order valence-corrected chi connectivity index (χ2v) is 5.93. The summed E-state index contributed by atoms with van der Waals surface area (Å²) < 4.78 is 4.84. The number of benzene rings is 1. The normalized spacial score (nSPS) is 18.0. The molecule has 1 fully saturated rings. The van der Waals surface area contributed by atoms with E-state index in [1.807, 2.05) is 0 Å². The van der Waals surface area contributed by atoms with Gasteiger partial charge in [0.1, 0.15) is 0 Å². The van der Waals surface area contributed by atoms with Gasteiger partial charge in [-0.05, 0) is 35.6 Å². The Bertz CT molecular complexity index is 601. The summed E-state index contributed by atoms with van der Waals surface area (Å²) in [7, 11) is 1.80. The third-order valence-corrected chi connectivity index (χ3v) is 4.61. The molecule has 1 aromatic carbocycles. The molecule has 0 spiro atoms. The van der Waals surface area contributed by atoms with Crippen LogP contribution in [0.2, 0.25) is 0 Å². The molecule has 1 aromatic rings. The van der Waals surface area contributed by atoms with Gasteiger partial charge in [-0.1, -0.05) is 30.8 Å². The molecule has 0 radical (unpaired) electrons. The van der Waals surface area contributed by atoms with Crippen molar-refractivity contribution in [1.29, 1.82) is 0 Å². The van der Waals surface area contributed by atoms with Crippen LogP contribution in [0, 0.1) is 0 Å². The lowest BCUT2D eigenvalue weighted by molar-refractivity contribution is 0.104. The fourth-order valence-corrected chi connectivity index (χ4v) is 3.24. The quantitative estimate of drug-likeness (QED) is 0.800. The molecule has 1 aliphatic carbocycles. The van der Waals surface area contributed by atoms with Gasteiger partial charge in [-0.2, -0.15) is 0 Å². The molecular weight excluding hydrogens is 276 g/mol. The third kappa shape index (κ3) is 2.92. The van der Waals surface area contributed by atoms with E-state index in [-0.39, 0.29) is 12.1 Å². The lowest BCUT2D eigenvalue weighted by Crippen LogP contribution is -2.45. The summed E-state index contributed by atoms with van der Waals surface area (Å²) in [4.78, 5) is 15.9. The minimum atomic E-state index is -0.316. The van der Waals surface area contributed by atoms with Gasteiger partial charge >= 0.3 is 6.09 Å². The maximum absolute atomic E-state index is 11.7. The molecule has 0 aromatic heterocycles. The smallest absolute Gasteiger partial charge is 0.414 e. The predicted molar refractivity (Wildman–Crippen MR) is 88.2 cm³/mol. The molecule has 3 rings (SSSR count). The molecule has 116 valence electrons. The zero-order valence-corrected chi connectivity index (χ0v) is 13.0. The number of amides is 1. The van der Waals surface area contributed by atoms with Gasteiger partial charge in [-0.15, -0.1) is 0 Å². The summed E-state index contributed by atoms with van der Waals surface area (Å²) in [6.45, 7) is 6.45. The first kappa shape index (κ1) is 14.9. The average Bonchev–Trinajstić information content (AvgIpc) is 2.53. The van der Waals surface area contributed by atoms with E-state index in [1.165, 1.54) is 23.0 Å². The highest BCUT2D eigenvalue weighted by molar-refractivity contribution is 5.96. The molecule has 4 nitrogen and oxygen atoms in total. The maximum atomic E-state index is 11.7. The molecule has 4 heteroatoms. The largest absolute Gasteiger partial charge is 0.419 e. The van der Waals surface area contributed by atoms with Crippen molar-refractivity contribution >= 4 is 17.7 Å². The minimum absolute atomic E-state index is 0.256. The Balaban J connectivity index is 1.49. The molecule has 1 aliphatic heterocycles. The van der Waals surface area contributed by atoms with Crippen LogP contribution in [0.15, 0.2) is 37.1 Å². The monoisotopic (exact) mass is 298 g/mol. The molecule has 22 heavy (non-hydrogen) atoms. The number of hydrogen-bond donors (Lipinski definition) is 0. The van der Waals surface area contributed by atoms with Crippen molar-refractivity contribution in [3.8, 4) is 0 Å². The first-order chi connectivity index (χ1) is 10.7. The van der Waals surface area contributed by atoms with Crippen LogP contribution in [0.3, 0.4) is 0 Å². The number of rotatable bonds is 4. The Hall–Kier alpha value is -2.07. The standard InChI is InChI=1S/C18H22N2O2/c1-3-22-18(21)19(2)16-8-10-20(11-9-16)13-15-12-14-6-4-5-7-17(14)15/h3-7,12,16H,1,8-11,13H2,2H3. The summed E-state index contributed by atoms with van der Waals surface area (Å²) in [5, 5.41) is 0. The van der Waals surface area contributed by atoms with Crippen LogP contribution >= 0.6 is 0 Å². The Morgan fingerprint density at radius 1 is 1.41 bits per heavy atom. The van der Waals surface area contributed by atoms with Crippen molar-refractivity contribution in [2.24, 2.45) is 0 Å². The van der Waals surface area contributed by atoms with Crippen molar-refractivity contribution in [3.05, 3.63) is 48.2 Å². The van der Waals surface area contributed by atoms with Crippen LogP contribution in [0.4, 0.5) is 4.79 Å². The van der Waals surface area contributed by atoms with E-state index < -0.39 is 0 Å². The Kier molecular flexibility index (Phi) is 4.29. The summed E-state index contributed by atoms with van der Waals surface area (Å²) in [5.41, 5.74) is 4.16. The molecular formula is C18H22N2O2. The van der Waals surface area contributed by atoms with Gasteiger partial charge in [0.05, 0.1) is 6.26 Å². The zero-order valence-electron chi connectivity index (χ0n) is 13.0. The van der Waals surface area contributed by atoms with Crippen molar-refractivity contribution in [3.63, 3.8) is 0 Å². The van der Waals surface area contributed by atoms with Gasteiger partial charge in [0.25, 0.3) is 0 Å². The van der Waals surface area contributed by atoms with E-state index in [0.717, 1.165) is 32.5 Å². The summed E-state index contributed by atoms with van der Waals surface area (Å²) in [5.74, 6) is 0. The molecule has 0 bridgehead atoms. The molecule has 0 N–H and O–H groups in total. The second-order valence-electron chi connectivity index (χ2n) is 5.93. The topological polar surface area (TPSA) is 32.8 Å². The van der Waals surface area contributed by atoms with Gasteiger partial charge in [0, 0.05) is 32.7 Å². The first-order valence-electron chi connectivity index (χ1n) is 7.75. The van der Waals surface area contributed by atoms with Crippen molar-refractivity contribution in [2.45, 2.75) is 18.9 Å². The van der Waals surface area contributed by atoms with Crippen LogP contribution in [0.5, 0.6) is 0 Å². The minimum Gasteiger partial charge on any atom is -0.419 e. The summed E-state index contributed by atoms with van der Waals surface area (Å²) >= 11 is 0. The van der Waals surface area contributed by atoms with Crippen LogP contribution < -0.4 is 0 Å². The van der Waals surface area contributed by atoms with Gasteiger partial charge in [-0.25, -0.2) is 4.79 Å². The van der Waals surface area contributed by atoms with E-state index in [9.17, 15) is 4.79 Å². The average molecular weight is 298 g/mol. The number of carbonyl (C=O) groups excluding carboxylic acids is 1. The number of ether oxygens (including phenoxy) is 1. The van der Waals surface area contributed by atoms with E-state index in [2.05, 4.69) is 41.8 Å². The lowest BCUT2D eigenvalue weighted by atomic mass is 9.88. The lowest BCUT2D eigenvalue weighted by Gasteiger charge is -2.37. The van der Waals surface area contributed by atoms with Crippen LogP contribution in [-0.4, -0.2) is 48.6 Å². The highest BCUT2D eigenvalue weighted by Gasteiger charge is 2.27. The molecule has 1 saturated heterocycles. The molecule has 1 heterocycles. The summed E-state index contributed by atoms with van der Waals surface area (Å²) in [6.07, 6.45) is 5.11. The van der Waals surface area contributed by atoms with Crippen molar-refractivity contribution < 1.29 is 9.53 Å². The fourth-order valence-electron chi connectivity index (χ4n) is 3.24. The molecule has 2 aliphatic rings. The number of fused-ring (bicyclic) bond motifs is 1. The van der Waals surface area contributed by atoms with Crippen molar-refractivity contribution in [1.82, 2.24) is 9.80 Å². The van der Waals surface area contributed by atoms with E-state index in [1.54, 1.807) is 11.9 Å². The number of piperidine rings is 1. The molecule has 0 atom stereocenters. The molecule has 0 saturated carbocycles. The first-order valence-corrected chi connectivity index (χ1v) is 7.75.